The molecule has 2 heterocycles. The van der Waals surface area contributed by atoms with E-state index in [0.29, 0.717) is 61.7 Å². The molecule has 0 aliphatic carbocycles. The third-order valence-electron chi connectivity index (χ3n) is 6.22. The van der Waals surface area contributed by atoms with Gasteiger partial charge in [-0.25, -0.2) is 0 Å². The molecule has 34 heavy (non-hydrogen) atoms. The molecule has 4 amide bonds. The summed E-state index contributed by atoms with van der Waals surface area (Å²) < 4.78 is 5.10. The molecule has 0 saturated carbocycles. The van der Waals surface area contributed by atoms with Gasteiger partial charge in [0.2, 0.25) is 5.91 Å². The average molecular weight is 465 g/mol. The molecule has 1 saturated heterocycles. The van der Waals surface area contributed by atoms with Crippen LogP contribution in [0.3, 0.4) is 0 Å². The number of nitrogens with one attached hydrogen (secondary N) is 1. The van der Waals surface area contributed by atoms with Crippen LogP contribution in [0.2, 0.25) is 0 Å². The lowest BCUT2D eigenvalue weighted by molar-refractivity contribution is -0.133. The lowest BCUT2D eigenvalue weighted by atomic mass is 10.1. The first kappa shape index (κ1) is 23.4. The largest absolute Gasteiger partial charge is 0.497 e. The Morgan fingerprint density at radius 3 is 2.09 bits per heavy atom. The van der Waals surface area contributed by atoms with E-state index in [1.54, 1.807) is 60.5 Å². The number of nitrogens with zero attached hydrogens (tertiary/aromatic N) is 3. The smallest absolute Gasteiger partial charge is 0.261 e. The molecular formula is C25H28N4O5. The minimum absolute atomic E-state index is 0.0657. The summed E-state index contributed by atoms with van der Waals surface area (Å²) in [5, 5.41) is 2.91. The van der Waals surface area contributed by atoms with Crippen molar-refractivity contribution < 1.29 is 23.9 Å². The van der Waals surface area contributed by atoms with Gasteiger partial charge in [-0.3, -0.25) is 29.0 Å². The molecule has 0 unspecified atom stereocenters. The number of methoxy groups -OCH3 is 1. The van der Waals surface area contributed by atoms with Gasteiger partial charge in [-0.05, 0) is 36.4 Å². The van der Waals surface area contributed by atoms with Crippen LogP contribution in [0.1, 0.15) is 37.5 Å². The molecule has 2 aromatic carbocycles. The van der Waals surface area contributed by atoms with Crippen LogP contribution in [-0.4, -0.2) is 91.3 Å². The predicted molar refractivity (Wildman–Crippen MR) is 125 cm³/mol. The van der Waals surface area contributed by atoms with Gasteiger partial charge < -0.3 is 15.0 Å². The molecule has 0 radical (unpaired) electrons. The Morgan fingerprint density at radius 2 is 1.50 bits per heavy atom. The molecule has 9 nitrogen and oxygen atoms in total. The second-order valence-electron chi connectivity index (χ2n) is 8.26. The molecule has 1 fully saturated rings. The normalized spacial score (nSPS) is 15.9. The van der Waals surface area contributed by atoms with Crippen LogP contribution in [0.25, 0.3) is 0 Å². The maximum atomic E-state index is 12.6. The van der Waals surface area contributed by atoms with Gasteiger partial charge in [0, 0.05) is 57.8 Å². The predicted octanol–water partition coefficient (Wildman–Crippen LogP) is 1.26. The Balaban J connectivity index is 1.16. The van der Waals surface area contributed by atoms with E-state index in [4.69, 9.17) is 4.74 Å². The van der Waals surface area contributed by atoms with Crippen molar-refractivity contribution in [1.82, 2.24) is 20.0 Å². The third-order valence-corrected chi connectivity index (χ3v) is 6.22. The average Bonchev–Trinajstić information content (AvgIpc) is 3.12. The number of fused-ring (bicyclic) bond motifs is 1. The van der Waals surface area contributed by atoms with E-state index in [9.17, 15) is 19.2 Å². The molecule has 0 atom stereocenters. The number of hydrogen-bond donors (Lipinski definition) is 1. The number of piperazine rings is 1. The molecule has 2 aliphatic rings. The number of benzene rings is 2. The standard InChI is InChI=1S/C25H28N4O5/c1-34-19-8-6-18(7-9-19)23(31)26-11-13-27-14-16-28(17-15-27)22(30)10-12-29-24(32)20-4-2-3-5-21(20)25(29)33/h2-9H,10-17H2,1H3,(H,26,31). The quantitative estimate of drug-likeness (QED) is 0.591. The van der Waals surface area contributed by atoms with Crippen molar-refractivity contribution in [3.05, 3.63) is 65.2 Å². The van der Waals surface area contributed by atoms with E-state index >= 15 is 0 Å². The van der Waals surface area contributed by atoms with E-state index in [1.807, 2.05) is 0 Å². The van der Waals surface area contributed by atoms with Crippen molar-refractivity contribution in [2.45, 2.75) is 6.42 Å². The third kappa shape index (κ3) is 5.09. The monoisotopic (exact) mass is 464 g/mol. The summed E-state index contributed by atoms with van der Waals surface area (Å²) in [6.45, 7) is 3.86. The fourth-order valence-corrected chi connectivity index (χ4v) is 4.20. The summed E-state index contributed by atoms with van der Waals surface area (Å²) in [5.74, 6) is -0.175. The van der Waals surface area contributed by atoms with Crippen molar-refractivity contribution in [1.29, 1.82) is 0 Å². The number of rotatable bonds is 8. The Morgan fingerprint density at radius 1 is 0.882 bits per heavy atom. The number of carbonyl (C=O) groups excluding carboxylic acids is 4. The van der Waals surface area contributed by atoms with E-state index in [0.717, 1.165) is 4.90 Å². The zero-order valence-corrected chi connectivity index (χ0v) is 19.2. The molecule has 0 bridgehead atoms. The van der Waals surface area contributed by atoms with E-state index in [1.165, 1.54) is 0 Å². The number of imide groups is 1. The fourth-order valence-electron chi connectivity index (χ4n) is 4.20. The lowest BCUT2D eigenvalue weighted by Gasteiger charge is -2.35. The highest BCUT2D eigenvalue weighted by Crippen LogP contribution is 2.22. The molecule has 1 N–H and O–H groups in total. The van der Waals surface area contributed by atoms with Crippen molar-refractivity contribution in [2.24, 2.45) is 0 Å². The Bertz CT molecular complexity index is 1040. The minimum atomic E-state index is -0.338. The SMILES string of the molecule is COc1ccc(C(=O)NCCN2CCN(C(=O)CCN3C(=O)c4ccccc4C3=O)CC2)cc1. The Labute approximate surface area is 198 Å². The second-order valence-corrected chi connectivity index (χ2v) is 8.26. The van der Waals surface area contributed by atoms with E-state index < -0.39 is 0 Å². The summed E-state index contributed by atoms with van der Waals surface area (Å²) in [6, 6.07) is 13.7. The summed E-state index contributed by atoms with van der Waals surface area (Å²) in [4.78, 5) is 54.9. The highest BCUT2D eigenvalue weighted by atomic mass is 16.5. The summed E-state index contributed by atoms with van der Waals surface area (Å²) >= 11 is 0. The molecular weight excluding hydrogens is 436 g/mol. The van der Waals surface area contributed by atoms with Gasteiger partial charge in [0.25, 0.3) is 17.7 Å². The van der Waals surface area contributed by atoms with Crippen molar-refractivity contribution in [2.75, 3.05) is 52.9 Å². The molecule has 2 aliphatic heterocycles. The minimum Gasteiger partial charge on any atom is -0.497 e. The molecule has 9 heteroatoms. The van der Waals surface area contributed by atoms with E-state index in [2.05, 4.69) is 10.2 Å². The van der Waals surface area contributed by atoms with Gasteiger partial charge in [-0.2, -0.15) is 0 Å². The fraction of sp³-hybridized carbons (Fsp3) is 0.360. The van der Waals surface area contributed by atoms with Crippen molar-refractivity contribution in [3.63, 3.8) is 0 Å². The van der Waals surface area contributed by atoms with Gasteiger partial charge >= 0.3 is 0 Å². The van der Waals surface area contributed by atoms with Gasteiger partial charge in [-0.15, -0.1) is 0 Å². The van der Waals surface area contributed by atoms with Crippen LogP contribution >= 0.6 is 0 Å². The summed E-state index contributed by atoms with van der Waals surface area (Å²) in [7, 11) is 1.58. The number of ether oxygens (including phenoxy) is 1. The highest BCUT2D eigenvalue weighted by molar-refractivity contribution is 6.21. The maximum Gasteiger partial charge on any atom is 0.261 e. The van der Waals surface area contributed by atoms with Gasteiger partial charge in [0.1, 0.15) is 5.75 Å². The zero-order chi connectivity index (χ0) is 24.1. The topological polar surface area (TPSA) is 99.3 Å². The highest BCUT2D eigenvalue weighted by Gasteiger charge is 2.35. The van der Waals surface area contributed by atoms with Gasteiger partial charge in [0.05, 0.1) is 18.2 Å². The van der Waals surface area contributed by atoms with E-state index in [-0.39, 0.29) is 36.6 Å². The molecule has 0 spiro atoms. The zero-order valence-electron chi connectivity index (χ0n) is 19.2. The lowest BCUT2D eigenvalue weighted by Crippen LogP contribution is -2.50. The van der Waals surface area contributed by atoms with Crippen LogP contribution in [0.15, 0.2) is 48.5 Å². The summed E-state index contributed by atoms with van der Waals surface area (Å²) in [6.07, 6.45) is 0.114. The van der Waals surface area contributed by atoms with Crippen LogP contribution < -0.4 is 10.1 Å². The first-order valence-electron chi connectivity index (χ1n) is 11.4. The molecule has 2 aromatic rings. The Kier molecular flexibility index (Phi) is 7.22. The number of amides is 4. The van der Waals surface area contributed by atoms with Crippen LogP contribution in [0, 0.1) is 0 Å². The molecule has 0 aromatic heterocycles. The summed E-state index contributed by atoms with van der Waals surface area (Å²) in [5.41, 5.74) is 1.37. The van der Waals surface area contributed by atoms with Gasteiger partial charge in [0.15, 0.2) is 0 Å². The number of hydrogen-bond acceptors (Lipinski definition) is 6. The molecule has 4 rings (SSSR count). The first-order valence-corrected chi connectivity index (χ1v) is 11.4. The van der Waals surface area contributed by atoms with Crippen LogP contribution in [0.5, 0.6) is 5.75 Å². The molecule has 178 valence electrons. The van der Waals surface area contributed by atoms with Gasteiger partial charge in [-0.1, -0.05) is 12.1 Å². The Hall–Kier alpha value is -3.72. The maximum absolute atomic E-state index is 12.6. The number of carbonyl (C=O) groups is 4. The van der Waals surface area contributed by atoms with Crippen molar-refractivity contribution >= 4 is 23.6 Å². The van der Waals surface area contributed by atoms with Crippen molar-refractivity contribution in [3.8, 4) is 5.75 Å². The van der Waals surface area contributed by atoms with Crippen LogP contribution in [0.4, 0.5) is 0 Å². The first-order chi connectivity index (χ1) is 16.5. The second kappa shape index (κ2) is 10.5. The van der Waals surface area contributed by atoms with Crippen LogP contribution in [-0.2, 0) is 4.79 Å².